The lowest BCUT2D eigenvalue weighted by atomic mass is 9.98. The predicted molar refractivity (Wildman–Crippen MR) is 87.1 cm³/mol. The SMILES string of the molecule is CCc1cnc(CNCCC(C)c2ccc(N)cc2)s1. The van der Waals surface area contributed by atoms with E-state index in [9.17, 15) is 0 Å². The first-order valence-corrected chi connectivity index (χ1v) is 8.00. The maximum atomic E-state index is 5.71. The van der Waals surface area contributed by atoms with E-state index in [1.807, 2.05) is 18.3 Å². The van der Waals surface area contributed by atoms with Crippen molar-refractivity contribution in [3.05, 3.63) is 45.9 Å². The molecule has 0 aliphatic rings. The molecule has 3 nitrogen and oxygen atoms in total. The molecule has 20 heavy (non-hydrogen) atoms. The molecule has 0 fully saturated rings. The van der Waals surface area contributed by atoms with Crippen LogP contribution in [0, 0.1) is 0 Å². The van der Waals surface area contributed by atoms with E-state index in [1.54, 1.807) is 11.3 Å². The molecule has 3 N–H and O–H groups in total. The Labute approximate surface area is 125 Å². The predicted octanol–water partition coefficient (Wildman–Crippen LogP) is 3.57. The van der Waals surface area contributed by atoms with Crippen LogP contribution < -0.4 is 11.1 Å². The average Bonchev–Trinajstić information content (AvgIpc) is 2.92. The van der Waals surface area contributed by atoms with Crippen LogP contribution in [0.15, 0.2) is 30.5 Å². The van der Waals surface area contributed by atoms with Gasteiger partial charge in [0, 0.05) is 23.3 Å². The van der Waals surface area contributed by atoms with Gasteiger partial charge in [0.25, 0.3) is 0 Å². The Kier molecular flexibility index (Phi) is 5.56. The van der Waals surface area contributed by atoms with Crippen LogP contribution in [0.5, 0.6) is 0 Å². The smallest absolute Gasteiger partial charge is 0.107 e. The number of nitrogens with two attached hydrogens (primary N) is 1. The quantitative estimate of drug-likeness (QED) is 0.605. The number of hydrogen-bond donors (Lipinski definition) is 2. The molecule has 0 radical (unpaired) electrons. The first kappa shape index (κ1) is 15.0. The Bertz CT molecular complexity index is 519. The molecule has 0 saturated carbocycles. The summed E-state index contributed by atoms with van der Waals surface area (Å²) in [5.74, 6) is 0.547. The van der Waals surface area contributed by atoms with E-state index in [2.05, 4.69) is 36.3 Å². The summed E-state index contributed by atoms with van der Waals surface area (Å²) in [6.45, 7) is 6.30. The number of aryl methyl sites for hydroxylation is 1. The van der Waals surface area contributed by atoms with Crippen LogP contribution in [-0.2, 0) is 13.0 Å². The second-order valence-electron chi connectivity index (χ2n) is 5.11. The molecule has 0 spiro atoms. The molecule has 0 saturated heterocycles. The van der Waals surface area contributed by atoms with Crippen LogP contribution in [0.4, 0.5) is 5.69 Å². The lowest BCUT2D eigenvalue weighted by molar-refractivity contribution is 0.593. The minimum atomic E-state index is 0.547. The third-order valence-corrected chi connectivity index (χ3v) is 4.63. The third kappa shape index (κ3) is 4.32. The zero-order valence-electron chi connectivity index (χ0n) is 12.2. The van der Waals surface area contributed by atoms with Crippen LogP contribution in [-0.4, -0.2) is 11.5 Å². The second kappa shape index (κ2) is 7.41. The Morgan fingerprint density at radius 1 is 1.30 bits per heavy atom. The van der Waals surface area contributed by atoms with Crippen molar-refractivity contribution in [3.63, 3.8) is 0 Å². The van der Waals surface area contributed by atoms with E-state index in [1.165, 1.54) is 15.4 Å². The van der Waals surface area contributed by atoms with Crippen molar-refractivity contribution in [2.24, 2.45) is 0 Å². The molecular weight excluding hydrogens is 266 g/mol. The highest BCUT2D eigenvalue weighted by atomic mass is 32.1. The van der Waals surface area contributed by atoms with Crippen LogP contribution in [0.1, 0.15) is 41.6 Å². The normalized spacial score (nSPS) is 12.5. The van der Waals surface area contributed by atoms with E-state index in [0.717, 1.165) is 31.6 Å². The van der Waals surface area contributed by atoms with Crippen molar-refractivity contribution in [1.82, 2.24) is 10.3 Å². The average molecular weight is 289 g/mol. The number of nitrogens with zero attached hydrogens (tertiary/aromatic N) is 1. The summed E-state index contributed by atoms with van der Waals surface area (Å²) in [4.78, 5) is 5.77. The first-order valence-electron chi connectivity index (χ1n) is 7.18. The molecule has 1 aromatic heterocycles. The molecule has 1 aromatic carbocycles. The summed E-state index contributed by atoms with van der Waals surface area (Å²) in [6, 6.07) is 8.19. The highest BCUT2D eigenvalue weighted by Gasteiger charge is 2.05. The molecule has 0 aliphatic carbocycles. The van der Waals surface area contributed by atoms with Gasteiger partial charge in [-0.3, -0.25) is 0 Å². The Balaban J connectivity index is 1.71. The van der Waals surface area contributed by atoms with Crippen molar-refractivity contribution in [2.75, 3.05) is 12.3 Å². The summed E-state index contributed by atoms with van der Waals surface area (Å²) >= 11 is 1.80. The topological polar surface area (TPSA) is 50.9 Å². The molecule has 1 unspecified atom stereocenters. The Morgan fingerprint density at radius 2 is 2.05 bits per heavy atom. The van der Waals surface area contributed by atoms with Gasteiger partial charge in [-0.2, -0.15) is 0 Å². The molecule has 108 valence electrons. The highest BCUT2D eigenvalue weighted by molar-refractivity contribution is 7.11. The van der Waals surface area contributed by atoms with Crippen molar-refractivity contribution in [1.29, 1.82) is 0 Å². The van der Waals surface area contributed by atoms with Gasteiger partial charge in [-0.15, -0.1) is 11.3 Å². The molecule has 2 rings (SSSR count). The zero-order valence-corrected chi connectivity index (χ0v) is 13.0. The number of anilines is 1. The van der Waals surface area contributed by atoms with Gasteiger partial charge in [0.2, 0.25) is 0 Å². The van der Waals surface area contributed by atoms with Gasteiger partial charge >= 0.3 is 0 Å². The molecule has 0 bridgehead atoms. The lowest BCUT2D eigenvalue weighted by Gasteiger charge is -2.12. The standard InChI is InChI=1S/C16H23N3S/c1-3-15-10-19-16(20-15)11-18-9-8-12(2)13-4-6-14(17)7-5-13/h4-7,10,12,18H,3,8-9,11,17H2,1-2H3. The number of aromatic nitrogens is 1. The summed E-state index contributed by atoms with van der Waals surface area (Å²) in [5.41, 5.74) is 7.89. The van der Waals surface area contributed by atoms with E-state index >= 15 is 0 Å². The Morgan fingerprint density at radius 3 is 2.70 bits per heavy atom. The molecular formula is C16H23N3S. The van der Waals surface area contributed by atoms with Crippen LogP contribution in [0.25, 0.3) is 0 Å². The number of nitrogen functional groups attached to an aromatic ring is 1. The number of nitrogens with one attached hydrogen (secondary N) is 1. The van der Waals surface area contributed by atoms with Crippen molar-refractivity contribution in [2.45, 2.75) is 39.2 Å². The maximum absolute atomic E-state index is 5.71. The monoisotopic (exact) mass is 289 g/mol. The minimum Gasteiger partial charge on any atom is -0.399 e. The van der Waals surface area contributed by atoms with E-state index in [-0.39, 0.29) is 0 Å². The maximum Gasteiger partial charge on any atom is 0.107 e. The van der Waals surface area contributed by atoms with Gasteiger partial charge in [0.15, 0.2) is 0 Å². The summed E-state index contributed by atoms with van der Waals surface area (Å²) < 4.78 is 0. The van der Waals surface area contributed by atoms with Gasteiger partial charge in [0.1, 0.15) is 5.01 Å². The fraction of sp³-hybridized carbons (Fsp3) is 0.438. The Hall–Kier alpha value is -1.39. The fourth-order valence-corrected chi connectivity index (χ4v) is 2.93. The number of rotatable bonds is 7. The van der Waals surface area contributed by atoms with Crippen molar-refractivity contribution in [3.8, 4) is 0 Å². The molecule has 0 aliphatic heterocycles. The van der Waals surface area contributed by atoms with Gasteiger partial charge in [-0.1, -0.05) is 26.0 Å². The number of benzene rings is 1. The molecule has 2 aromatic rings. The van der Waals surface area contributed by atoms with E-state index < -0.39 is 0 Å². The molecule has 1 heterocycles. The second-order valence-corrected chi connectivity index (χ2v) is 6.31. The zero-order chi connectivity index (χ0) is 14.4. The summed E-state index contributed by atoms with van der Waals surface area (Å²) in [5, 5.41) is 4.66. The summed E-state index contributed by atoms with van der Waals surface area (Å²) in [6.07, 6.45) is 4.18. The number of thiazole rings is 1. The lowest BCUT2D eigenvalue weighted by Crippen LogP contribution is -2.16. The van der Waals surface area contributed by atoms with Gasteiger partial charge in [-0.25, -0.2) is 4.98 Å². The van der Waals surface area contributed by atoms with Crippen molar-refractivity contribution >= 4 is 17.0 Å². The summed E-state index contributed by atoms with van der Waals surface area (Å²) in [7, 11) is 0. The molecule has 4 heteroatoms. The van der Waals surface area contributed by atoms with E-state index in [4.69, 9.17) is 5.73 Å². The molecule has 0 amide bonds. The highest BCUT2D eigenvalue weighted by Crippen LogP contribution is 2.19. The van der Waals surface area contributed by atoms with Gasteiger partial charge < -0.3 is 11.1 Å². The van der Waals surface area contributed by atoms with Crippen LogP contribution in [0.3, 0.4) is 0 Å². The van der Waals surface area contributed by atoms with Crippen LogP contribution in [0.2, 0.25) is 0 Å². The van der Waals surface area contributed by atoms with Crippen molar-refractivity contribution < 1.29 is 0 Å². The van der Waals surface area contributed by atoms with Gasteiger partial charge in [-0.05, 0) is 43.0 Å². The largest absolute Gasteiger partial charge is 0.399 e. The first-order chi connectivity index (χ1) is 9.69. The minimum absolute atomic E-state index is 0.547. The fourth-order valence-electron chi connectivity index (χ4n) is 2.10. The van der Waals surface area contributed by atoms with Crippen LogP contribution >= 0.6 is 11.3 Å². The number of hydrogen-bond acceptors (Lipinski definition) is 4. The molecule has 1 atom stereocenters. The van der Waals surface area contributed by atoms with Gasteiger partial charge in [0.05, 0.1) is 0 Å². The third-order valence-electron chi connectivity index (χ3n) is 3.49. The van der Waals surface area contributed by atoms with E-state index in [0.29, 0.717) is 5.92 Å².